The number of hydrogen-bond acceptors (Lipinski definition) is 13. The zero-order valence-corrected chi connectivity index (χ0v) is 53.3. The first-order chi connectivity index (χ1) is 38.7. The number of esters is 3. The normalized spacial score (nSPS) is 18.1. The lowest BCUT2D eigenvalue weighted by Gasteiger charge is -2.45. The Bertz CT molecular complexity index is 1510. The summed E-state index contributed by atoms with van der Waals surface area (Å²) in [6, 6.07) is -1.38. The molecule has 0 radical (unpaired) electrons. The lowest BCUT2D eigenvalue weighted by Crippen LogP contribution is -2.66. The number of amides is 1. The van der Waals surface area contributed by atoms with Crippen LogP contribution in [0.3, 0.4) is 0 Å². The van der Waals surface area contributed by atoms with Crippen LogP contribution in [0.5, 0.6) is 0 Å². The van der Waals surface area contributed by atoms with Gasteiger partial charge < -0.3 is 48.8 Å². The molecular formula is C63H123N2O14P. The summed E-state index contributed by atoms with van der Waals surface area (Å²) < 4.78 is 47.8. The zero-order chi connectivity index (χ0) is 59.5. The second-order valence-corrected chi connectivity index (χ2v) is 23.6. The van der Waals surface area contributed by atoms with Crippen molar-refractivity contribution in [3.8, 4) is 0 Å². The molecule has 80 heavy (non-hydrogen) atoms. The van der Waals surface area contributed by atoms with Gasteiger partial charge in [-0.25, -0.2) is 4.57 Å². The van der Waals surface area contributed by atoms with Crippen molar-refractivity contribution < 1.29 is 66.8 Å². The number of unbranched alkanes of at least 4 members (excludes halogenated alkanes) is 28. The Hall–Kier alpha value is -2.17. The summed E-state index contributed by atoms with van der Waals surface area (Å²) in [6.07, 6.45) is 27.6. The molecule has 0 aromatic rings. The summed E-state index contributed by atoms with van der Waals surface area (Å²) in [5.74, 6) is -2.23. The molecule has 0 aromatic heterocycles. The fraction of sp³-hybridized carbons (Fsp3) is 0.937. The number of nitrogens with zero attached hydrogens (tertiary/aromatic N) is 1. The van der Waals surface area contributed by atoms with Gasteiger partial charge in [-0.3, -0.25) is 23.7 Å². The molecule has 0 aliphatic carbocycles. The Morgan fingerprint density at radius 2 is 0.875 bits per heavy atom. The summed E-state index contributed by atoms with van der Waals surface area (Å²) in [5, 5.41) is 13.3. The van der Waals surface area contributed by atoms with Crippen LogP contribution in [-0.4, -0.2) is 119 Å². The number of aliphatic hydroxyl groups is 1. The number of carbonyl (C=O) groups excluding carboxylic acids is 4. The number of phosphoric acid groups is 1. The standard InChI is InChI=1S/C57H108NO14P.C6H15N/c1-6-11-15-19-23-25-29-31-35-39-47(68-51(61)41-37-33-27-21-17-13-8-3)44-50(60)58-54-56(55(72-73(64,65)66)49(46-59)70-57(54)67-43-10-5)71-53(63)45-48(40-36-32-30-26-24-20-16-12-7-2)69-52(62)42-38-34-28-22-18-14-9-4;1-4-7(5-2)6-3/h47-49,54-57,59H,6-46H2,1-5H3,(H,58,60)(H2,64,65,66);4-6H2,1-3H3/t47-,48-,49-,54-,55-,56-,57-;/m1./s1. The SMILES string of the molecule is CCCCCCCCCCC[C@H](CC(=O)N[C@H]1[C@H](OCCC)O[C@H](CO)[C@@H](OP(=O)(O)O)[C@@H]1OC(=O)C[C@@H](CCCCCCCCCCC)OC(=O)CCCCCCCCC)OC(=O)CCCCCCCCC.CCN(CC)CC. The number of carbonyl (C=O) groups is 4. The molecule has 1 amide bonds. The molecule has 474 valence electrons. The third-order valence-corrected chi connectivity index (χ3v) is 15.7. The number of ether oxygens (including phenoxy) is 5. The Labute approximate surface area is 488 Å². The molecule has 7 atom stereocenters. The lowest BCUT2D eigenvalue weighted by molar-refractivity contribution is -0.271. The van der Waals surface area contributed by atoms with Crippen molar-refractivity contribution in [3.05, 3.63) is 0 Å². The Balaban J connectivity index is 0.00000830. The van der Waals surface area contributed by atoms with Crippen LogP contribution in [0.25, 0.3) is 0 Å². The number of nitrogens with one attached hydrogen (secondary N) is 1. The maximum Gasteiger partial charge on any atom is 0.470 e. The summed E-state index contributed by atoms with van der Waals surface area (Å²) in [6.45, 7) is 20.1. The van der Waals surface area contributed by atoms with Crippen LogP contribution in [0.4, 0.5) is 0 Å². The van der Waals surface area contributed by atoms with E-state index < -0.39 is 75.1 Å². The van der Waals surface area contributed by atoms with Crippen molar-refractivity contribution >= 4 is 31.6 Å². The smallest absolute Gasteiger partial charge is 0.462 e. The average Bonchev–Trinajstić information content (AvgIpc) is 3.45. The minimum absolute atomic E-state index is 0.132. The Morgan fingerprint density at radius 1 is 0.500 bits per heavy atom. The van der Waals surface area contributed by atoms with Crippen LogP contribution in [0.1, 0.15) is 306 Å². The van der Waals surface area contributed by atoms with Gasteiger partial charge >= 0.3 is 25.7 Å². The molecule has 4 N–H and O–H groups in total. The first-order valence-electron chi connectivity index (χ1n) is 32.9. The van der Waals surface area contributed by atoms with E-state index in [2.05, 4.69) is 58.7 Å². The first kappa shape index (κ1) is 77.8. The predicted molar refractivity (Wildman–Crippen MR) is 322 cm³/mol. The molecule has 1 aliphatic heterocycles. The van der Waals surface area contributed by atoms with Crippen molar-refractivity contribution in [3.63, 3.8) is 0 Å². The number of aliphatic hydroxyl groups excluding tert-OH is 1. The van der Waals surface area contributed by atoms with Crippen molar-refractivity contribution in [1.29, 1.82) is 0 Å². The quantitative estimate of drug-likeness (QED) is 0.0193. The third kappa shape index (κ3) is 43.5. The van der Waals surface area contributed by atoms with Crippen LogP contribution in [0, 0.1) is 0 Å². The summed E-state index contributed by atoms with van der Waals surface area (Å²) >= 11 is 0. The van der Waals surface area contributed by atoms with Crippen molar-refractivity contribution in [2.24, 2.45) is 0 Å². The average molecular weight is 1160 g/mol. The van der Waals surface area contributed by atoms with Crippen molar-refractivity contribution in [1.82, 2.24) is 10.2 Å². The van der Waals surface area contributed by atoms with Gasteiger partial charge in [0.1, 0.15) is 30.5 Å². The van der Waals surface area contributed by atoms with E-state index in [0.717, 1.165) is 103 Å². The number of hydrogen-bond donors (Lipinski definition) is 4. The second-order valence-electron chi connectivity index (χ2n) is 22.4. The molecule has 0 bridgehead atoms. The highest BCUT2D eigenvalue weighted by Gasteiger charge is 2.52. The molecule has 0 saturated carbocycles. The van der Waals surface area contributed by atoms with Gasteiger partial charge in [-0.15, -0.1) is 0 Å². The molecule has 17 heteroatoms. The van der Waals surface area contributed by atoms with Crippen LogP contribution in [0.2, 0.25) is 0 Å². The van der Waals surface area contributed by atoms with Gasteiger partial charge in [0.15, 0.2) is 12.4 Å². The molecule has 0 unspecified atom stereocenters. The van der Waals surface area contributed by atoms with E-state index in [9.17, 15) is 38.6 Å². The summed E-state index contributed by atoms with van der Waals surface area (Å²) in [7, 11) is -5.32. The molecule has 16 nitrogen and oxygen atoms in total. The van der Waals surface area contributed by atoms with E-state index in [-0.39, 0.29) is 38.3 Å². The van der Waals surface area contributed by atoms with E-state index in [0.29, 0.717) is 38.5 Å². The van der Waals surface area contributed by atoms with Crippen LogP contribution in [-0.2, 0) is 52.0 Å². The van der Waals surface area contributed by atoms with Crippen molar-refractivity contribution in [2.75, 3.05) is 32.8 Å². The largest absolute Gasteiger partial charge is 0.470 e. The van der Waals surface area contributed by atoms with E-state index in [4.69, 9.17) is 28.2 Å². The van der Waals surface area contributed by atoms with E-state index >= 15 is 0 Å². The van der Waals surface area contributed by atoms with E-state index in [1.807, 2.05) is 6.92 Å². The summed E-state index contributed by atoms with van der Waals surface area (Å²) in [4.78, 5) is 77.4. The zero-order valence-electron chi connectivity index (χ0n) is 52.4. The van der Waals surface area contributed by atoms with Gasteiger partial charge in [0.05, 0.1) is 19.4 Å². The van der Waals surface area contributed by atoms with Gasteiger partial charge in [0, 0.05) is 19.4 Å². The Morgan fingerprint density at radius 3 is 1.23 bits per heavy atom. The monoisotopic (exact) mass is 1160 g/mol. The third-order valence-electron chi connectivity index (χ3n) is 15.1. The molecule has 1 fully saturated rings. The summed E-state index contributed by atoms with van der Waals surface area (Å²) in [5.41, 5.74) is 0. The molecule has 1 aliphatic rings. The first-order valence-corrected chi connectivity index (χ1v) is 34.4. The Kier molecular flexibility index (Phi) is 52.1. The van der Waals surface area contributed by atoms with Gasteiger partial charge in [0.25, 0.3) is 0 Å². The van der Waals surface area contributed by atoms with Gasteiger partial charge in [-0.05, 0) is 64.6 Å². The fourth-order valence-corrected chi connectivity index (χ4v) is 10.8. The maximum atomic E-state index is 14.2. The van der Waals surface area contributed by atoms with Gasteiger partial charge in [-0.2, -0.15) is 0 Å². The topological polar surface area (TPSA) is 217 Å². The highest BCUT2D eigenvalue weighted by Crippen LogP contribution is 2.42. The molecule has 1 heterocycles. The number of phosphoric ester groups is 1. The van der Waals surface area contributed by atoms with Crippen LogP contribution < -0.4 is 5.32 Å². The van der Waals surface area contributed by atoms with Crippen LogP contribution >= 0.6 is 7.82 Å². The minimum atomic E-state index is -5.32. The highest BCUT2D eigenvalue weighted by molar-refractivity contribution is 7.46. The lowest BCUT2D eigenvalue weighted by atomic mass is 9.96. The van der Waals surface area contributed by atoms with E-state index in [1.165, 1.54) is 103 Å². The number of rotatable bonds is 53. The molecule has 1 rings (SSSR count). The fourth-order valence-electron chi connectivity index (χ4n) is 10.2. The molecular weight excluding hydrogens is 1040 g/mol. The predicted octanol–water partition coefficient (Wildman–Crippen LogP) is 15.1. The molecule has 1 saturated heterocycles. The van der Waals surface area contributed by atoms with Gasteiger partial charge in [-0.1, -0.05) is 235 Å². The van der Waals surface area contributed by atoms with Crippen LogP contribution in [0.15, 0.2) is 0 Å². The van der Waals surface area contributed by atoms with E-state index in [1.54, 1.807) is 0 Å². The van der Waals surface area contributed by atoms with Gasteiger partial charge in [0.2, 0.25) is 5.91 Å². The highest BCUT2D eigenvalue weighted by atomic mass is 31.2. The molecule has 0 aromatic carbocycles. The second kappa shape index (κ2) is 53.5. The molecule has 0 spiro atoms. The minimum Gasteiger partial charge on any atom is -0.462 e. The maximum absolute atomic E-state index is 14.2. The van der Waals surface area contributed by atoms with Crippen molar-refractivity contribution in [2.45, 2.75) is 349 Å².